The molecular formula is C13H15NO. The van der Waals surface area contributed by atoms with Gasteiger partial charge in [0.15, 0.2) is 5.78 Å². The van der Waals surface area contributed by atoms with E-state index in [4.69, 9.17) is 0 Å². The van der Waals surface area contributed by atoms with Crippen LogP contribution in [0.2, 0.25) is 0 Å². The summed E-state index contributed by atoms with van der Waals surface area (Å²) in [5.41, 5.74) is 1.92. The molecule has 0 amide bonds. The Kier molecular flexibility index (Phi) is 2.01. The molecule has 15 heavy (non-hydrogen) atoms. The SMILES string of the molecule is O=C1c2ccccc2N[C@@H]2CCCC[C@@H]12. The van der Waals surface area contributed by atoms with E-state index < -0.39 is 0 Å². The van der Waals surface area contributed by atoms with Crippen molar-refractivity contribution in [3.05, 3.63) is 29.8 Å². The molecule has 1 fully saturated rings. The lowest BCUT2D eigenvalue weighted by atomic mass is 9.77. The lowest BCUT2D eigenvalue weighted by Gasteiger charge is -2.36. The van der Waals surface area contributed by atoms with E-state index in [2.05, 4.69) is 5.32 Å². The van der Waals surface area contributed by atoms with E-state index in [0.29, 0.717) is 11.8 Å². The predicted molar refractivity (Wildman–Crippen MR) is 60.1 cm³/mol. The summed E-state index contributed by atoms with van der Waals surface area (Å²) in [6.07, 6.45) is 4.66. The van der Waals surface area contributed by atoms with Gasteiger partial charge in [0.05, 0.1) is 0 Å². The number of anilines is 1. The summed E-state index contributed by atoms with van der Waals surface area (Å²) >= 11 is 0. The van der Waals surface area contributed by atoms with Gasteiger partial charge in [0.2, 0.25) is 0 Å². The van der Waals surface area contributed by atoms with Crippen LogP contribution in [0.5, 0.6) is 0 Å². The Morgan fingerprint density at radius 2 is 1.93 bits per heavy atom. The first-order valence-corrected chi connectivity index (χ1v) is 5.76. The summed E-state index contributed by atoms with van der Waals surface area (Å²) in [5.74, 6) is 0.586. The average molecular weight is 201 g/mol. The second kappa shape index (κ2) is 3.37. The highest BCUT2D eigenvalue weighted by molar-refractivity contribution is 6.05. The zero-order chi connectivity index (χ0) is 10.3. The van der Waals surface area contributed by atoms with Crippen molar-refractivity contribution in [2.45, 2.75) is 31.7 Å². The molecule has 2 heteroatoms. The van der Waals surface area contributed by atoms with Gasteiger partial charge in [-0.15, -0.1) is 0 Å². The maximum Gasteiger partial charge on any atom is 0.170 e. The van der Waals surface area contributed by atoms with Crippen LogP contribution < -0.4 is 5.32 Å². The minimum atomic E-state index is 0.230. The quantitative estimate of drug-likeness (QED) is 0.699. The van der Waals surface area contributed by atoms with Crippen LogP contribution in [-0.4, -0.2) is 11.8 Å². The van der Waals surface area contributed by atoms with Gasteiger partial charge in [0.25, 0.3) is 0 Å². The van der Waals surface area contributed by atoms with Crippen LogP contribution in [0.4, 0.5) is 5.69 Å². The fourth-order valence-electron chi connectivity index (χ4n) is 2.84. The van der Waals surface area contributed by atoms with E-state index in [0.717, 1.165) is 24.1 Å². The maximum absolute atomic E-state index is 12.2. The van der Waals surface area contributed by atoms with Gasteiger partial charge in [-0.25, -0.2) is 0 Å². The molecule has 0 radical (unpaired) electrons. The predicted octanol–water partition coefficient (Wildman–Crippen LogP) is 2.85. The van der Waals surface area contributed by atoms with Crippen molar-refractivity contribution in [3.63, 3.8) is 0 Å². The Hall–Kier alpha value is -1.31. The third kappa shape index (κ3) is 1.36. The minimum Gasteiger partial charge on any atom is -0.381 e. The van der Waals surface area contributed by atoms with E-state index in [-0.39, 0.29) is 5.92 Å². The molecule has 1 heterocycles. The number of ketones is 1. The van der Waals surface area contributed by atoms with Gasteiger partial charge < -0.3 is 5.32 Å². The van der Waals surface area contributed by atoms with Crippen LogP contribution in [0.1, 0.15) is 36.0 Å². The van der Waals surface area contributed by atoms with E-state index in [1.807, 2.05) is 24.3 Å². The van der Waals surface area contributed by atoms with Crippen molar-refractivity contribution in [1.29, 1.82) is 0 Å². The molecule has 1 saturated carbocycles. The number of carbonyl (C=O) groups is 1. The molecule has 78 valence electrons. The van der Waals surface area contributed by atoms with Gasteiger partial charge >= 0.3 is 0 Å². The Balaban J connectivity index is 2.02. The van der Waals surface area contributed by atoms with Gasteiger partial charge in [-0.05, 0) is 25.0 Å². The number of hydrogen-bond donors (Lipinski definition) is 1. The minimum absolute atomic E-state index is 0.230. The number of carbonyl (C=O) groups excluding carboxylic acids is 1. The number of hydrogen-bond acceptors (Lipinski definition) is 2. The Labute approximate surface area is 89.7 Å². The number of rotatable bonds is 0. The molecule has 2 aliphatic rings. The van der Waals surface area contributed by atoms with Crippen LogP contribution in [0.3, 0.4) is 0 Å². The number of para-hydroxylation sites is 1. The third-order valence-electron chi connectivity index (χ3n) is 3.64. The van der Waals surface area contributed by atoms with Crippen LogP contribution in [-0.2, 0) is 0 Å². The van der Waals surface area contributed by atoms with Gasteiger partial charge in [0, 0.05) is 23.2 Å². The summed E-state index contributed by atoms with van der Waals surface area (Å²) in [6.45, 7) is 0. The molecule has 0 aromatic heterocycles. The number of Topliss-reactive ketones (excluding diaryl/α,β-unsaturated/α-hetero) is 1. The molecule has 2 nitrogen and oxygen atoms in total. The first-order valence-electron chi connectivity index (χ1n) is 5.76. The van der Waals surface area contributed by atoms with Crippen molar-refractivity contribution >= 4 is 11.5 Å². The van der Waals surface area contributed by atoms with Crippen molar-refractivity contribution in [1.82, 2.24) is 0 Å². The van der Waals surface area contributed by atoms with E-state index >= 15 is 0 Å². The molecule has 0 unspecified atom stereocenters. The highest BCUT2D eigenvalue weighted by Crippen LogP contribution is 2.35. The zero-order valence-corrected chi connectivity index (χ0v) is 8.70. The molecule has 0 bridgehead atoms. The Bertz CT molecular complexity index is 399. The second-order valence-corrected chi connectivity index (χ2v) is 4.55. The van der Waals surface area contributed by atoms with Crippen LogP contribution >= 0.6 is 0 Å². The monoisotopic (exact) mass is 201 g/mol. The largest absolute Gasteiger partial charge is 0.381 e. The topological polar surface area (TPSA) is 29.1 Å². The van der Waals surface area contributed by atoms with Crippen molar-refractivity contribution in [2.24, 2.45) is 5.92 Å². The molecule has 0 spiro atoms. The molecule has 3 rings (SSSR count). The smallest absolute Gasteiger partial charge is 0.170 e. The average Bonchev–Trinajstić information content (AvgIpc) is 2.30. The fourth-order valence-corrected chi connectivity index (χ4v) is 2.84. The molecule has 1 aromatic carbocycles. The number of benzene rings is 1. The zero-order valence-electron chi connectivity index (χ0n) is 8.70. The van der Waals surface area contributed by atoms with E-state index in [1.54, 1.807) is 0 Å². The highest BCUT2D eigenvalue weighted by Gasteiger charge is 2.36. The summed E-state index contributed by atoms with van der Waals surface area (Å²) < 4.78 is 0. The standard InChI is InChI=1S/C13H15NO/c15-13-9-5-1-3-7-11(9)14-12-8-4-2-6-10(12)13/h1,3,5,7,10,12,14H,2,4,6,8H2/t10-,12-/m1/s1. The highest BCUT2D eigenvalue weighted by atomic mass is 16.1. The molecule has 1 aromatic rings. The second-order valence-electron chi connectivity index (χ2n) is 4.55. The molecule has 0 saturated heterocycles. The van der Waals surface area contributed by atoms with Gasteiger partial charge in [-0.2, -0.15) is 0 Å². The van der Waals surface area contributed by atoms with E-state index in [1.165, 1.54) is 12.8 Å². The molecular weight excluding hydrogens is 186 g/mol. The molecule has 2 atom stereocenters. The first-order chi connectivity index (χ1) is 7.36. The molecule has 1 aliphatic carbocycles. The molecule has 1 N–H and O–H groups in total. The third-order valence-corrected chi connectivity index (χ3v) is 3.64. The van der Waals surface area contributed by atoms with Crippen molar-refractivity contribution in [2.75, 3.05) is 5.32 Å². The summed E-state index contributed by atoms with van der Waals surface area (Å²) in [4.78, 5) is 12.2. The van der Waals surface area contributed by atoms with Crippen LogP contribution in [0.25, 0.3) is 0 Å². The van der Waals surface area contributed by atoms with Crippen molar-refractivity contribution < 1.29 is 4.79 Å². The lowest BCUT2D eigenvalue weighted by molar-refractivity contribution is 0.0870. The first kappa shape index (κ1) is 8.96. The molecule has 1 aliphatic heterocycles. The summed E-state index contributed by atoms with van der Waals surface area (Å²) in [5, 5.41) is 3.51. The van der Waals surface area contributed by atoms with Gasteiger partial charge in [0.1, 0.15) is 0 Å². The Morgan fingerprint density at radius 3 is 2.87 bits per heavy atom. The maximum atomic E-state index is 12.2. The van der Waals surface area contributed by atoms with Crippen LogP contribution in [0.15, 0.2) is 24.3 Å². The Morgan fingerprint density at radius 1 is 1.13 bits per heavy atom. The van der Waals surface area contributed by atoms with Gasteiger partial charge in [-0.3, -0.25) is 4.79 Å². The number of fused-ring (bicyclic) bond motifs is 2. The van der Waals surface area contributed by atoms with Crippen molar-refractivity contribution in [3.8, 4) is 0 Å². The summed E-state index contributed by atoms with van der Waals surface area (Å²) in [7, 11) is 0. The normalized spacial score (nSPS) is 28.9. The number of nitrogens with one attached hydrogen (secondary N) is 1. The van der Waals surface area contributed by atoms with Gasteiger partial charge in [-0.1, -0.05) is 25.0 Å². The van der Waals surface area contributed by atoms with E-state index in [9.17, 15) is 4.79 Å². The summed E-state index contributed by atoms with van der Waals surface area (Å²) in [6, 6.07) is 8.28. The lowest BCUT2D eigenvalue weighted by Crippen LogP contribution is -2.41. The van der Waals surface area contributed by atoms with Crippen LogP contribution in [0, 0.1) is 5.92 Å². The fraction of sp³-hybridized carbons (Fsp3) is 0.462.